The van der Waals surface area contributed by atoms with Crippen LogP contribution >= 0.6 is 0 Å². The molecule has 1 heterocycles. The Hall–Kier alpha value is -2.10. The molecular weight excluding hydrogens is 252 g/mol. The molecule has 1 aliphatic carbocycles. The molecule has 3 rings (SSSR count). The Bertz CT molecular complexity index is 626. The zero-order valence-electron chi connectivity index (χ0n) is 11.8. The lowest BCUT2D eigenvalue weighted by molar-refractivity contribution is 0.0930. The van der Waals surface area contributed by atoms with Gasteiger partial charge in [-0.2, -0.15) is 0 Å². The number of nitrogens with one attached hydrogen (secondary N) is 1. The zero-order chi connectivity index (χ0) is 14.1. The summed E-state index contributed by atoms with van der Waals surface area (Å²) in [7, 11) is 0. The largest absolute Gasteiger partial charge is 0.361 e. The van der Waals surface area contributed by atoms with Crippen molar-refractivity contribution in [2.24, 2.45) is 0 Å². The molecule has 1 aliphatic rings. The van der Waals surface area contributed by atoms with Crippen molar-refractivity contribution in [3.05, 3.63) is 52.4 Å². The predicted octanol–water partition coefficient (Wildman–Crippen LogP) is 3.10. The number of aryl methyl sites for hydroxylation is 3. The van der Waals surface area contributed by atoms with Crippen molar-refractivity contribution >= 4 is 5.91 Å². The molecule has 2 aromatic rings. The number of rotatable bonds is 2. The van der Waals surface area contributed by atoms with Crippen molar-refractivity contribution in [1.82, 2.24) is 10.5 Å². The first-order chi connectivity index (χ1) is 9.66. The summed E-state index contributed by atoms with van der Waals surface area (Å²) in [6.45, 7) is 3.56. The third-order valence-electron chi connectivity index (χ3n) is 3.94. The van der Waals surface area contributed by atoms with E-state index >= 15 is 0 Å². The van der Waals surface area contributed by atoms with Gasteiger partial charge in [-0.1, -0.05) is 29.4 Å². The first-order valence-electron chi connectivity index (χ1n) is 6.98. The molecule has 0 saturated carbocycles. The van der Waals surface area contributed by atoms with E-state index < -0.39 is 0 Å². The summed E-state index contributed by atoms with van der Waals surface area (Å²) in [5, 5.41) is 6.96. The van der Waals surface area contributed by atoms with Crippen molar-refractivity contribution in [1.29, 1.82) is 0 Å². The van der Waals surface area contributed by atoms with Gasteiger partial charge in [0.15, 0.2) is 0 Å². The maximum absolute atomic E-state index is 12.4. The van der Waals surface area contributed by atoms with Crippen LogP contribution in [0.5, 0.6) is 0 Å². The van der Waals surface area contributed by atoms with Crippen LogP contribution in [0.15, 0.2) is 28.8 Å². The Kier molecular flexibility index (Phi) is 3.30. The molecule has 0 unspecified atom stereocenters. The molecule has 104 valence electrons. The summed E-state index contributed by atoms with van der Waals surface area (Å²) in [5.41, 5.74) is 3.78. The molecule has 1 N–H and O–H groups in total. The molecular formula is C16H18N2O2. The standard InChI is InChI=1S/C16H18N2O2/c1-10-15(11(2)20-18-10)16(19)17-14-9-5-7-12-6-3-4-8-13(12)14/h3-4,6,8,14H,5,7,9H2,1-2H3,(H,17,19)/t14-/m1/s1. The van der Waals surface area contributed by atoms with Gasteiger partial charge >= 0.3 is 0 Å². The average Bonchev–Trinajstić information content (AvgIpc) is 2.78. The third kappa shape index (κ3) is 2.22. The van der Waals surface area contributed by atoms with Crippen LogP contribution in [0.4, 0.5) is 0 Å². The molecule has 1 atom stereocenters. The van der Waals surface area contributed by atoms with Crippen LogP contribution in [0.25, 0.3) is 0 Å². The first-order valence-corrected chi connectivity index (χ1v) is 6.98. The van der Waals surface area contributed by atoms with Crippen molar-refractivity contribution in [3.8, 4) is 0 Å². The van der Waals surface area contributed by atoms with Crippen LogP contribution in [0, 0.1) is 13.8 Å². The van der Waals surface area contributed by atoms with Crippen molar-refractivity contribution < 1.29 is 9.32 Å². The van der Waals surface area contributed by atoms with E-state index in [1.807, 2.05) is 6.07 Å². The molecule has 0 fully saturated rings. The second-order valence-electron chi connectivity index (χ2n) is 5.32. The van der Waals surface area contributed by atoms with Gasteiger partial charge in [0, 0.05) is 0 Å². The number of benzene rings is 1. The number of fused-ring (bicyclic) bond motifs is 1. The second-order valence-corrected chi connectivity index (χ2v) is 5.32. The lowest BCUT2D eigenvalue weighted by Gasteiger charge is -2.26. The maximum atomic E-state index is 12.4. The SMILES string of the molecule is Cc1noc(C)c1C(=O)N[C@@H]1CCCc2ccccc21. The second kappa shape index (κ2) is 5.12. The molecule has 1 aromatic carbocycles. The Morgan fingerprint density at radius 3 is 2.90 bits per heavy atom. The van der Waals surface area contributed by atoms with Gasteiger partial charge in [-0.05, 0) is 44.2 Å². The molecule has 1 aromatic heterocycles. The van der Waals surface area contributed by atoms with E-state index in [0.29, 0.717) is 17.0 Å². The number of nitrogens with zero attached hydrogens (tertiary/aromatic N) is 1. The fraction of sp³-hybridized carbons (Fsp3) is 0.375. The van der Waals surface area contributed by atoms with Crippen molar-refractivity contribution in [2.45, 2.75) is 39.2 Å². The topological polar surface area (TPSA) is 55.1 Å². The van der Waals surface area contributed by atoms with E-state index in [9.17, 15) is 4.79 Å². The van der Waals surface area contributed by atoms with Crippen LogP contribution < -0.4 is 5.32 Å². The molecule has 4 heteroatoms. The zero-order valence-corrected chi connectivity index (χ0v) is 11.8. The monoisotopic (exact) mass is 270 g/mol. The van der Waals surface area contributed by atoms with E-state index in [1.165, 1.54) is 11.1 Å². The first kappa shape index (κ1) is 12.9. The molecule has 0 spiro atoms. The number of amides is 1. The fourth-order valence-corrected chi connectivity index (χ4v) is 2.94. The van der Waals surface area contributed by atoms with Gasteiger partial charge in [0.2, 0.25) is 0 Å². The molecule has 1 amide bonds. The van der Waals surface area contributed by atoms with Gasteiger partial charge in [0.25, 0.3) is 5.91 Å². The molecule has 0 radical (unpaired) electrons. The molecule has 4 nitrogen and oxygen atoms in total. The Morgan fingerprint density at radius 1 is 1.35 bits per heavy atom. The summed E-state index contributed by atoms with van der Waals surface area (Å²) in [4.78, 5) is 12.4. The lowest BCUT2D eigenvalue weighted by atomic mass is 9.87. The normalized spacial score (nSPS) is 17.6. The van der Waals surface area contributed by atoms with Gasteiger partial charge in [-0.25, -0.2) is 0 Å². The minimum Gasteiger partial charge on any atom is -0.361 e. The Labute approximate surface area is 118 Å². The molecule has 0 saturated heterocycles. The maximum Gasteiger partial charge on any atom is 0.257 e. The average molecular weight is 270 g/mol. The fourth-order valence-electron chi connectivity index (χ4n) is 2.94. The van der Waals surface area contributed by atoms with E-state index in [2.05, 4.69) is 28.7 Å². The summed E-state index contributed by atoms with van der Waals surface area (Å²) in [5.74, 6) is 0.479. The Morgan fingerprint density at radius 2 is 2.15 bits per heavy atom. The summed E-state index contributed by atoms with van der Waals surface area (Å²) < 4.78 is 5.06. The van der Waals surface area contributed by atoms with Crippen molar-refractivity contribution in [3.63, 3.8) is 0 Å². The molecule has 0 aliphatic heterocycles. The quantitative estimate of drug-likeness (QED) is 0.912. The van der Waals surface area contributed by atoms with Crippen LogP contribution in [0.3, 0.4) is 0 Å². The van der Waals surface area contributed by atoms with E-state index in [0.717, 1.165) is 19.3 Å². The highest BCUT2D eigenvalue weighted by molar-refractivity contribution is 5.96. The van der Waals surface area contributed by atoms with Crippen LogP contribution in [-0.2, 0) is 6.42 Å². The third-order valence-corrected chi connectivity index (χ3v) is 3.94. The summed E-state index contributed by atoms with van der Waals surface area (Å²) in [6, 6.07) is 8.41. The number of hydrogen-bond donors (Lipinski definition) is 1. The minimum atomic E-state index is -0.0945. The highest BCUT2D eigenvalue weighted by atomic mass is 16.5. The van der Waals surface area contributed by atoms with E-state index in [4.69, 9.17) is 4.52 Å². The predicted molar refractivity (Wildman–Crippen MR) is 75.6 cm³/mol. The lowest BCUT2D eigenvalue weighted by Crippen LogP contribution is -2.31. The van der Waals surface area contributed by atoms with Gasteiger partial charge in [0.05, 0.1) is 11.7 Å². The van der Waals surface area contributed by atoms with Crippen LogP contribution in [0.1, 0.15) is 51.8 Å². The van der Waals surface area contributed by atoms with Gasteiger partial charge in [-0.15, -0.1) is 0 Å². The van der Waals surface area contributed by atoms with E-state index in [-0.39, 0.29) is 11.9 Å². The minimum absolute atomic E-state index is 0.0844. The van der Waals surface area contributed by atoms with Crippen LogP contribution in [0.2, 0.25) is 0 Å². The molecule has 20 heavy (non-hydrogen) atoms. The highest BCUT2D eigenvalue weighted by Crippen LogP contribution is 2.29. The van der Waals surface area contributed by atoms with Crippen LogP contribution in [-0.4, -0.2) is 11.1 Å². The van der Waals surface area contributed by atoms with E-state index in [1.54, 1.807) is 13.8 Å². The molecule has 0 bridgehead atoms. The van der Waals surface area contributed by atoms with Gasteiger partial charge < -0.3 is 9.84 Å². The summed E-state index contributed by atoms with van der Waals surface area (Å²) >= 11 is 0. The number of carbonyl (C=O) groups excluding carboxylic acids is 1. The smallest absolute Gasteiger partial charge is 0.257 e. The summed E-state index contributed by atoms with van der Waals surface area (Å²) in [6.07, 6.45) is 3.17. The number of hydrogen-bond acceptors (Lipinski definition) is 3. The van der Waals surface area contributed by atoms with Gasteiger partial charge in [-0.3, -0.25) is 4.79 Å². The highest BCUT2D eigenvalue weighted by Gasteiger charge is 2.24. The number of aromatic nitrogens is 1. The Balaban J connectivity index is 1.84. The van der Waals surface area contributed by atoms with Gasteiger partial charge in [0.1, 0.15) is 11.3 Å². The van der Waals surface area contributed by atoms with Crippen molar-refractivity contribution in [2.75, 3.05) is 0 Å². The number of carbonyl (C=O) groups is 1.